The third kappa shape index (κ3) is 6.91. The van der Waals surface area contributed by atoms with Crippen LogP contribution in [0.25, 0.3) is 0 Å². The summed E-state index contributed by atoms with van der Waals surface area (Å²) < 4.78 is 5.65. The predicted octanol–water partition coefficient (Wildman–Crippen LogP) is 3.42. The third-order valence-electron chi connectivity index (χ3n) is 3.11. The molecule has 0 unspecified atom stereocenters. The molecular weight excluding hydrogens is 186 g/mol. The van der Waals surface area contributed by atoms with Crippen molar-refractivity contribution in [3.63, 3.8) is 0 Å². The van der Waals surface area contributed by atoms with E-state index in [-0.39, 0.29) is 0 Å². The molecule has 2 heteroatoms. The summed E-state index contributed by atoms with van der Waals surface area (Å²) in [6, 6.07) is 0. The minimum atomic E-state index is 0.870. The molecule has 0 radical (unpaired) electrons. The molecule has 0 saturated carbocycles. The Hall–Kier alpha value is -0.0800. The van der Waals surface area contributed by atoms with Crippen LogP contribution in [0, 0.1) is 0 Å². The Morgan fingerprint density at radius 3 is 2.33 bits per heavy atom. The summed E-state index contributed by atoms with van der Waals surface area (Å²) in [5.41, 5.74) is 0. The van der Waals surface area contributed by atoms with Crippen LogP contribution in [-0.2, 0) is 4.74 Å². The second-order valence-electron chi connectivity index (χ2n) is 4.63. The molecule has 0 aromatic heterocycles. The molecule has 1 aliphatic heterocycles. The Kier molecular flexibility index (Phi) is 7.94. The lowest BCUT2D eigenvalue weighted by Crippen LogP contribution is -2.22. The van der Waals surface area contributed by atoms with E-state index in [1.807, 2.05) is 0 Å². The Balaban J connectivity index is 1.73. The first kappa shape index (κ1) is 13.0. The van der Waals surface area contributed by atoms with E-state index in [1.165, 1.54) is 64.5 Å². The lowest BCUT2D eigenvalue weighted by molar-refractivity contribution is 0.0397. The zero-order chi connectivity index (χ0) is 10.8. The Bertz CT molecular complexity index is 132. The zero-order valence-electron chi connectivity index (χ0n) is 10.3. The smallest absolute Gasteiger partial charge is 0.0990 e. The molecule has 15 heavy (non-hydrogen) atoms. The van der Waals surface area contributed by atoms with Crippen LogP contribution in [0.15, 0.2) is 0 Å². The number of likely N-dealkylation sites (tertiary alicyclic amines) is 1. The van der Waals surface area contributed by atoms with Crippen molar-refractivity contribution in [1.82, 2.24) is 4.90 Å². The van der Waals surface area contributed by atoms with Gasteiger partial charge in [0.15, 0.2) is 0 Å². The molecule has 1 aliphatic rings. The highest BCUT2D eigenvalue weighted by molar-refractivity contribution is 4.62. The van der Waals surface area contributed by atoms with Crippen molar-refractivity contribution in [3.8, 4) is 0 Å². The third-order valence-corrected chi connectivity index (χ3v) is 3.11. The zero-order valence-corrected chi connectivity index (χ0v) is 10.3. The molecule has 0 aromatic rings. The standard InChI is InChI=1S/C13H27NO/c1-2-3-4-5-6-9-12-15-13-14-10-7-8-11-14/h2-13H2,1H3. The van der Waals surface area contributed by atoms with Crippen molar-refractivity contribution in [2.75, 3.05) is 26.4 Å². The molecule has 0 N–H and O–H groups in total. The minimum absolute atomic E-state index is 0.870. The monoisotopic (exact) mass is 213 g/mol. The van der Waals surface area contributed by atoms with Gasteiger partial charge in [-0.25, -0.2) is 0 Å². The Morgan fingerprint density at radius 1 is 0.933 bits per heavy atom. The maximum absolute atomic E-state index is 5.65. The average Bonchev–Trinajstić information content (AvgIpc) is 2.75. The van der Waals surface area contributed by atoms with Crippen molar-refractivity contribution in [2.24, 2.45) is 0 Å². The van der Waals surface area contributed by atoms with Gasteiger partial charge < -0.3 is 4.74 Å². The summed E-state index contributed by atoms with van der Waals surface area (Å²) in [6.45, 7) is 6.59. The SMILES string of the molecule is CCCCCCCCOCN1CCCC1. The van der Waals surface area contributed by atoms with Gasteiger partial charge in [-0.15, -0.1) is 0 Å². The molecule has 0 atom stereocenters. The molecule has 0 spiro atoms. The number of rotatable bonds is 9. The van der Waals surface area contributed by atoms with Crippen LogP contribution in [0.1, 0.15) is 58.3 Å². The molecule has 0 aliphatic carbocycles. The van der Waals surface area contributed by atoms with Crippen LogP contribution >= 0.6 is 0 Å². The van der Waals surface area contributed by atoms with Gasteiger partial charge in [0.1, 0.15) is 0 Å². The molecule has 1 saturated heterocycles. The van der Waals surface area contributed by atoms with Crippen LogP contribution < -0.4 is 0 Å². The summed E-state index contributed by atoms with van der Waals surface area (Å²) in [4.78, 5) is 2.41. The highest BCUT2D eigenvalue weighted by atomic mass is 16.5. The molecule has 0 aromatic carbocycles. The van der Waals surface area contributed by atoms with Crippen LogP contribution in [-0.4, -0.2) is 31.3 Å². The lowest BCUT2D eigenvalue weighted by atomic mass is 10.1. The van der Waals surface area contributed by atoms with E-state index in [0.717, 1.165) is 13.3 Å². The summed E-state index contributed by atoms with van der Waals surface area (Å²) in [7, 11) is 0. The van der Waals surface area contributed by atoms with Gasteiger partial charge in [0, 0.05) is 19.7 Å². The van der Waals surface area contributed by atoms with Crippen molar-refractivity contribution < 1.29 is 4.74 Å². The normalized spacial score (nSPS) is 17.4. The molecule has 1 rings (SSSR count). The van der Waals surface area contributed by atoms with Crippen molar-refractivity contribution >= 4 is 0 Å². The summed E-state index contributed by atoms with van der Waals surface area (Å²) >= 11 is 0. The van der Waals surface area contributed by atoms with E-state index in [2.05, 4.69) is 11.8 Å². The van der Waals surface area contributed by atoms with Gasteiger partial charge in [-0.05, 0) is 19.3 Å². The second-order valence-corrected chi connectivity index (χ2v) is 4.63. The van der Waals surface area contributed by atoms with Gasteiger partial charge >= 0.3 is 0 Å². The van der Waals surface area contributed by atoms with Crippen LogP contribution in [0.3, 0.4) is 0 Å². The highest BCUT2D eigenvalue weighted by Crippen LogP contribution is 2.08. The number of hydrogen-bond acceptors (Lipinski definition) is 2. The molecule has 2 nitrogen and oxygen atoms in total. The van der Waals surface area contributed by atoms with E-state index >= 15 is 0 Å². The largest absolute Gasteiger partial charge is 0.366 e. The number of ether oxygens (including phenoxy) is 1. The van der Waals surface area contributed by atoms with E-state index < -0.39 is 0 Å². The van der Waals surface area contributed by atoms with E-state index in [1.54, 1.807) is 0 Å². The average molecular weight is 213 g/mol. The van der Waals surface area contributed by atoms with Crippen molar-refractivity contribution in [2.45, 2.75) is 58.3 Å². The molecule has 1 heterocycles. The van der Waals surface area contributed by atoms with E-state index in [0.29, 0.717) is 0 Å². The number of nitrogens with zero attached hydrogens (tertiary/aromatic N) is 1. The topological polar surface area (TPSA) is 12.5 Å². The molecule has 1 fully saturated rings. The predicted molar refractivity (Wildman–Crippen MR) is 65.0 cm³/mol. The maximum atomic E-state index is 5.65. The number of hydrogen-bond donors (Lipinski definition) is 0. The van der Waals surface area contributed by atoms with Crippen LogP contribution in [0.4, 0.5) is 0 Å². The van der Waals surface area contributed by atoms with Gasteiger partial charge in [-0.1, -0.05) is 39.0 Å². The fourth-order valence-electron chi connectivity index (χ4n) is 2.09. The fraction of sp³-hybridized carbons (Fsp3) is 1.00. The second kappa shape index (κ2) is 9.17. The summed E-state index contributed by atoms with van der Waals surface area (Å²) in [5, 5.41) is 0. The van der Waals surface area contributed by atoms with Gasteiger partial charge in [-0.3, -0.25) is 4.90 Å². The van der Waals surface area contributed by atoms with E-state index in [9.17, 15) is 0 Å². The first-order valence-electron chi connectivity index (χ1n) is 6.73. The number of unbranched alkanes of at least 4 members (excludes halogenated alkanes) is 5. The molecular formula is C13H27NO. The van der Waals surface area contributed by atoms with Crippen molar-refractivity contribution in [1.29, 1.82) is 0 Å². The summed E-state index contributed by atoms with van der Waals surface area (Å²) in [6.07, 6.45) is 10.8. The first-order chi connectivity index (χ1) is 7.43. The van der Waals surface area contributed by atoms with Gasteiger partial charge in [0.05, 0.1) is 6.73 Å². The minimum Gasteiger partial charge on any atom is -0.366 e. The van der Waals surface area contributed by atoms with Crippen LogP contribution in [0.5, 0.6) is 0 Å². The van der Waals surface area contributed by atoms with E-state index in [4.69, 9.17) is 4.74 Å². The van der Waals surface area contributed by atoms with Gasteiger partial charge in [-0.2, -0.15) is 0 Å². The lowest BCUT2D eigenvalue weighted by Gasteiger charge is -2.14. The molecule has 90 valence electrons. The van der Waals surface area contributed by atoms with Gasteiger partial charge in [0.25, 0.3) is 0 Å². The first-order valence-corrected chi connectivity index (χ1v) is 6.73. The fourth-order valence-corrected chi connectivity index (χ4v) is 2.09. The Labute approximate surface area is 95.0 Å². The molecule has 0 amide bonds. The molecule has 0 bridgehead atoms. The quantitative estimate of drug-likeness (QED) is 0.544. The highest BCUT2D eigenvalue weighted by Gasteiger charge is 2.10. The Morgan fingerprint density at radius 2 is 1.60 bits per heavy atom. The van der Waals surface area contributed by atoms with Gasteiger partial charge in [0.2, 0.25) is 0 Å². The maximum Gasteiger partial charge on any atom is 0.0990 e. The van der Waals surface area contributed by atoms with Crippen LogP contribution in [0.2, 0.25) is 0 Å². The van der Waals surface area contributed by atoms with Crippen molar-refractivity contribution in [3.05, 3.63) is 0 Å². The summed E-state index contributed by atoms with van der Waals surface area (Å²) in [5.74, 6) is 0.